The van der Waals surface area contributed by atoms with Crippen molar-refractivity contribution in [3.63, 3.8) is 0 Å². The van der Waals surface area contributed by atoms with Crippen molar-refractivity contribution in [1.82, 2.24) is 5.32 Å². The van der Waals surface area contributed by atoms with E-state index in [-0.39, 0.29) is 10.6 Å². The summed E-state index contributed by atoms with van der Waals surface area (Å²) in [6.07, 6.45) is -4.34. The van der Waals surface area contributed by atoms with Gasteiger partial charge in [-0.2, -0.15) is 13.2 Å². The molecule has 0 aliphatic carbocycles. The molecule has 11 heteroatoms. The number of amides is 1. The van der Waals surface area contributed by atoms with Crippen LogP contribution in [0, 0.1) is 13.8 Å². The highest BCUT2D eigenvalue weighted by atomic mass is 35.5. The van der Waals surface area contributed by atoms with Gasteiger partial charge in [-0.3, -0.25) is 9.10 Å². The van der Waals surface area contributed by atoms with Gasteiger partial charge >= 0.3 is 6.18 Å². The quantitative estimate of drug-likeness (QED) is 0.322. The fourth-order valence-corrected chi connectivity index (χ4v) is 5.59. The molecule has 1 N–H and O–H groups in total. The summed E-state index contributed by atoms with van der Waals surface area (Å²) in [5.74, 6) is -0.0157. The molecule has 0 unspecified atom stereocenters. The van der Waals surface area contributed by atoms with Crippen LogP contribution in [-0.2, 0) is 21.0 Å². The number of alkyl halides is 3. The van der Waals surface area contributed by atoms with Crippen LogP contribution in [0.5, 0.6) is 5.75 Å². The lowest BCUT2D eigenvalue weighted by Crippen LogP contribution is -2.42. The minimum atomic E-state index is -4.83. The standard InChI is InChI=1S/C27H28ClF3N2O4S/c1-5-24(19-8-13-25(37-4)18(3)14-19)32-26(34)16-33(38(35,36)21-10-6-17(2)7-11-21)20-9-12-23(28)22(15-20)27(29,30)31/h6-15,24H,5,16H2,1-4H3,(H,32,34)/t24-/m1/s1. The lowest BCUT2D eigenvalue weighted by atomic mass is 10.0. The first-order chi connectivity index (χ1) is 17.8. The van der Waals surface area contributed by atoms with Gasteiger partial charge in [0, 0.05) is 0 Å². The highest BCUT2D eigenvalue weighted by molar-refractivity contribution is 7.92. The van der Waals surface area contributed by atoms with Gasteiger partial charge in [-0.25, -0.2) is 8.42 Å². The largest absolute Gasteiger partial charge is 0.496 e. The van der Waals surface area contributed by atoms with Crippen molar-refractivity contribution >= 4 is 33.2 Å². The number of nitrogens with zero attached hydrogens (tertiary/aromatic N) is 1. The predicted molar refractivity (Wildman–Crippen MR) is 141 cm³/mol. The third-order valence-corrected chi connectivity index (χ3v) is 8.12. The van der Waals surface area contributed by atoms with Crippen molar-refractivity contribution in [1.29, 1.82) is 0 Å². The number of halogens is 4. The molecule has 1 atom stereocenters. The number of sulfonamides is 1. The Morgan fingerprint density at radius 1 is 1.05 bits per heavy atom. The number of benzene rings is 3. The number of nitrogens with one attached hydrogen (secondary N) is 1. The van der Waals surface area contributed by atoms with Gasteiger partial charge in [0.1, 0.15) is 12.3 Å². The van der Waals surface area contributed by atoms with Gasteiger partial charge in [0.25, 0.3) is 10.0 Å². The first kappa shape index (κ1) is 29.3. The van der Waals surface area contributed by atoms with E-state index in [9.17, 15) is 26.4 Å². The lowest BCUT2D eigenvalue weighted by Gasteiger charge is -2.26. The number of carbonyl (C=O) groups excluding carboxylic acids is 1. The predicted octanol–water partition coefficient (Wildman–Crippen LogP) is 6.45. The smallest absolute Gasteiger partial charge is 0.417 e. The fourth-order valence-electron chi connectivity index (χ4n) is 3.95. The summed E-state index contributed by atoms with van der Waals surface area (Å²) in [5, 5.41) is 2.22. The van der Waals surface area contributed by atoms with Crippen molar-refractivity contribution in [2.24, 2.45) is 0 Å². The zero-order valence-electron chi connectivity index (χ0n) is 21.3. The van der Waals surface area contributed by atoms with Crippen LogP contribution in [0.3, 0.4) is 0 Å². The van der Waals surface area contributed by atoms with E-state index in [0.29, 0.717) is 22.5 Å². The van der Waals surface area contributed by atoms with Crippen molar-refractivity contribution in [2.45, 2.75) is 44.3 Å². The van der Waals surface area contributed by atoms with Crippen LogP contribution in [0.4, 0.5) is 18.9 Å². The summed E-state index contributed by atoms with van der Waals surface area (Å²) in [4.78, 5) is 13.0. The third-order valence-electron chi connectivity index (χ3n) is 6.00. The fraction of sp³-hybridized carbons (Fsp3) is 0.296. The molecule has 204 valence electrons. The summed E-state index contributed by atoms with van der Waals surface area (Å²) in [6, 6.07) is 13.5. The summed E-state index contributed by atoms with van der Waals surface area (Å²) >= 11 is 5.75. The van der Waals surface area contributed by atoms with Crippen LogP contribution in [0.2, 0.25) is 5.02 Å². The number of ether oxygens (including phenoxy) is 1. The number of hydrogen-bond donors (Lipinski definition) is 1. The molecule has 0 saturated carbocycles. The van der Waals surface area contributed by atoms with Crippen LogP contribution in [-0.4, -0.2) is 28.0 Å². The molecular weight excluding hydrogens is 541 g/mol. The van der Waals surface area contributed by atoms with Crippen LogP contribution in [0.15, 0.2) is 65.6 Å². The Hall–Kier alpha value is -3.24. The van der Waals surface area contributed by atoms with Gasteiger partial charge in [-0.15, -0.1) is 0 Å². The van der Waals surface area contributed by atoms with Crippen molar-refractivity contribution in [2.75, 3.05) is 18.0 Å². The van der Waals surface area contributed by atoms with Crippen LogP contribution in [0.1, 0.15) is 41.6 Å². The number of anilines is 1. The highest BCUT2D eigenvalue weighted by Crippen LogP contribution is 2.38. The molecule has 3 rings (SSSR count). The minimum Gasteiger partial charge on any atom is -0.496 e. The van der Waals surface area contributed by atoms with E-state index in [0.717, 1.165) is 28.8 Å². The summed E-state index contributed by atoms with van der Waals surface area (Å²) < 4.78 is 73.8. The molecular formula is C27H28ClF3N2O4S. The van der Waals surface area contributed by atoms with Gasteiger partial charge in [0.05, 0.1) is 34.3 Å². The second kappa shape index (κ2) is 11.7. The van der Waals surface area contributed by atoms with E-state index < -0.39 is 45.3 Å². The molecule has 0 saturated heterocycles. The van der Waals surface area contributed by atoms with Crippen LogP contribution in [0.25, 0.3) is 0 Å². The van der Waals surface area contributed by atoms with E-state index in [1.165, 1.54) is 12.1 Å². The molecule has 3 aromatic carbocycles. The molecule has 6 nitrogen and oxygen atoms in total. The lowest BCUT2D eigenvalue weighted by molar-refractivity contribution is -0.137. The molecule has 0 heterocycles. The maximum absolute atomic E-state index is 13.6. The zero-order valence-corrected chi connectivity index (χ0v) is 22.8. The van der Waals surface area contributed by atoms with Gasteiger partial charge < -0.3 is 10.1 Å². The summed E-state index contributed by atoms with van der Waals surface area (Å²) in [7, 11) is -2.87. The van der Waals surface area contributed by atoms with Gasteiger partial charge in [0.2, 0.25) is 5.91 Å². The number of methoxy groups -OCH3 is 1. The first-order valence-electron chi connectivity index (χ1n) is 11.7. The molecule has 0 bridgehead atoms. The number of carbonyl (C=O) groups is 1. The van der Waals surface area contributed by atoms with Crippen molar-refractivity contribution in [3.05, 3.63) is 87.9 Å². The van der Waals surface area contributed by atoms with E-state index in [2.05, 4.69) is 5.32 Å². The Labute approximate surface area is 225 Å². The Kier molecular flexibility index (Phi) is 8.99. The maximum atomic E-state index is 13.6. The Morgan fingerprint density at radius 3 is 2.26 bits per heavy atom. The molecule has 1 amide bonds. The number of hydrogen-bond acceptors (Lipinski definition) is 4. The monoisotopic (exact) mass is 568 g/mol. The van der Waals surface area contributed by atoms with E-state index in [4.69, 9.17) is 16.3 Å². The van der Waals surface area contributed by atoms with E-state index in [1.807, 2.05) is 19.9 Å². The molecule has 38 heavy (non-hydrogen) atoms. The zero-order chi connectivity index (χ0) is 28.3. The average Bonchev–Trinajstić information content (AvgIpc) is 2.85. The van der Waals surface area contributed by atoms with Gasteiger partial charge in [-0.1, -0.05) is 48.4 Å². The summed E-state index contributed by atoms with van der Waals surface area (Å²) in [6.45, 7) is 4.72. The average molecular weight is 569 g/mol. The first-order valence-corrected chi connectivity index (χ1v) is 13.5. The van der Waals surface area contributed by atoms with E-state index >= 15 is 0 Å². The maximum Gasteiger partial charge on any atom is 0.417 e. The molecule has 0 fully saturated rings. The Morgan fingerprint density at radius 2 is 1.71 bits per heavy atom. The van der Waals surface area contributed by atoms with E-state index in [1.54, 1.807) is 38.3 Å². The topological polar surface area (TPSA) is 75.7 Å². The number of rotatable bonds is 9. The molecule has 3 aromatic rings. The second-order valence-electron chi connectivity index (χ2n) is 8.74. The Bertz CT molecular complexity index is 1410. The highest BCUT2D eigenvalue weighted by Gasteiger charge is 2.35. The SMILES string of the molecule is CC[C@@H](NC(=O)CN(c1ccc(Cl)c(C(F)(F)F)c1)S(=O)(=O)c1ccc(C)cc1)c1ccc(OC)c(C)c1. The Balaban J connectivity index is 2.00. The van der Waals surface area contributed by atoms with Crippen molar-refractivity contribution in [3.8, 4) is 5.75 Å². The molecule has 0 aliphatic rings. The number of aryl methyl sites for hydroxylation is 2. The van der Waals surface area contributed by atoms with Crippen molar-refractivity contribution < 1.29 is 31.1 Å². The molecule has 0 aromatic heterocycles. The third kappa shape index (κ3) is 6.60. The molecule has 0 radical (unpaired) electrons. The van der Waals surface area contributed by atoms with Gasteiger partial charge in [0.15, 0.2) is 0 Å². The summed E-state index contributed by atoms with van der Waals surface area (Å²) in [5.41, 5.74) is 0.867. The normalized spacial score (nSPS) is 12.6. The minimum absolute atomic E-state index is 0.169. The second-order valence-corrected chi connectivity index (χ2v) is 11.0. The van der Waals surface area contributed by atoms with Gasteiger partial charge in [-0.05, 0) is 67.8 Å². The molecule has 0 spiro atoms. The molecule has 0 aliphatic heterocycles. The van der Waals surface area contributed by atoms with Crippen LogP contribution >= 0.6 is 11.6 Å². The van der Waals surface area contributed by atoms with Crippen LogP contribution < -0.4 is 14.4 Å².